The van der Waals surface area contributed by atoms with Crippen molar-refractivity contribution in [3.8, 4) is 17.2 Å². The highest BCUT2D eigenvalue weighted by molar-refractivity contribution is 6.04. The molecule has 0 spiro atoms. The molecule has 1 N–H and O–H groups in total. The number of hydrogen-bond acceptors (Lipinski definition) is 6. The third-order valence-electron chi connectivity index (χ3n) is 4.80. The number of anilines is 1. The van der Waals surface area contributed by atoms with E-state index in [-0.39, 0.29) is 5.91 Å². The molecule has 8 heteroatoms. The summed E-state index contributed by atoms with van der Waals surface area (Å²) >= 11 is 0. The molecule has 0 bridgehead atoms. The van der Waals surface area contributed by atoms with Crippen molar-refractivity contribution in [1.29, 1.82) is 0 Å². The van der Waals surface area contributed by atoms with E-state index in [9.17, 15) is 4.79 Å². The average Bonchev–Trinajstić information content (AvgIpc) is 3.24. The van der Waals surface area contributed by atoms with Crippen molar-refractivity contribution in [2.75, 3.05) is 39.9 Å². The first-order chi connectivity index (χ1) is 16.0. The van der Waals surface area contributed by atoms with Gasteiger partial charge in [-0.05, 0) is 29.8 Å². The maximum atomic E-state index is 12.9. The average molecular weight is 452 g/mol. The zero-order valence-electron chi connectivity index (χ0n) is 19.3. The zero-order chi connectivity index (χ0) is 23.6. The molecule has 174 valence electrons. The van der Waals surface area contributed by atoms with Crippen LogP contribution in [0, 0.1) is 0 Å². The number of carbonyl (C=O) groups excluding carboxylic acids is 1. The molecule has 1 amide bonds. The van der Waals surface area contributed by atoms with Crippen LogP contribution in [0.3, 0.4) is 0 Å². The molecule has 0 atom stereocenters. The van der Waals surface area contributed by atoms with Crippen LogP contribution >= 0.6 is 0 Å². The fourth-order valence-corrected chi connectivity index (χ4v) is 3.23. The minimum atomic E-state index is -0.273. The highest BCUT2D eigenvalue weighted by atomic mass is 16.5. The molecule has 3 rings (SSSR count). The van der Waals surface area contributed by atoms with Gasteiger partial charge in [0.2, 0.25) is 0 Å². The van der Waals surface area contributed by atoms with E-state index in [4.69, 9.17) is 18.9 Å². The van der Waals surface area contributed by atoms with Crippen molar-refractivity contribution in [3.63, 3.8) is 0 Å². The summed E-state index contributed by atoms with van der Waals surface area (Å²) in [6.45, 7) is 1.08. The van der Waals surface area contributed by atoms with Crippen LogP contribution in [-0.2, 0) is 11.8 Å². The van der Waals surface area contributed by atoms with Gasteiger partial charge in [-0.1, -0.05) is 24.3 Å². The minimum Gasteiger partial charge on any atom is -0.493 e. The first kappa shape index (κ1) is 23.9. The number of hydrogen-bond donors (Lipinski definition) is 1. The molecule has 3 aromatic rings. The first-order valence-corrected chi connectivity index (χ1v) is 10.5. The van der Waals surface area contributed by atoms with Gasteiger partial charge in [0.15, 0.2) is 17.3 Å². The lowest BCUT2D eigenvalue weighted by molar-refractivity contribution is 0.102. The first-order valence-electron chi connectivity index (χ1n) is 10.5. The Balaban J connectivity index is 1.88. The maximum absolute atomic E-state index is 12.9. The van der Waals surface area contributed by atoms with E-state index >= 15 is 0 Å². The fraction of sp³-hybridized carbons (Fsp3) is 0.280. The maximum Gasteiger partial charge on any atom is 0.257 e. The normalized spacial score (nSPS) is 10.9. The number of para-hydroxylation sites is 1. The van der Waals surface area contributed by atoms with E-state index in [0.29, 0.717) is 41.8 Å². The number of aryl methyl sites for hydroxylation is 1. The van der Waals surface area contributed by atoms with Crippen LogP contribution in [0.4, 0.5) is 5.82 Å². The van der Waals surface area contributed by atoms with Crippen LogP contribution in [0.15, 0.2) is 48.7 Å². The Hall–Kier alpha value is -3.78. The van der Waals surface area contributed by atoms with Crippen LogP contribution in [-0.4, -0.2) is 50.2 Å². The predicted octanol–water partition coefficient (Wildman–Crippen LogP) is 4.28. The molecular formula is C25H29N3O5. The Morgan fingerprint density at radius 2 is 1.91 bits per heavy atom. The number of ether oxygens (including phenoxy) is 4. The van der Waals surface area contributed by atoms with Crippen molar-refractivity contribution in [2.24, 2.45) is 7.05 Å². The molecule has 0 saturated carbocycles. The lowest BCUT2D eigenvalue weighted by Crippen LogP contribution is -2.13. The number of benzene rings is 2. The SMILES string of the molecule is COCCCOc1cc(/C=C/c2cccc(OC)c2OC)cc(C(=O)Nc2ccn(C)n2)c1. The predicted molar refractivity (Wildman–Crippen MR) is 128 cm³/mol. The number of nitrogens with one attached hydrogen (secondary N) is 1. The van der Waals surface area contributed by atoms with E-state index in [0.717, 1.165) is 17.5 Å². The number of aromatic nitrogens is 2. The second-order valence-corrected chi connectivity index (χ2v) is 7.23. The Labute approximate surface area is 193 Å². The molecule has 33 heavy (non-hydrogen) atoms. The van der Waals surface area contributed by atoms with Crippen molar-refractivity contribution < 1.29 is 23.7 Å². The van der Waals surface area contributed by atoms with Gasteiger partial charge >= 0.3 is 0 Å². The van der Waals surface area contributed by atoms with Gasteiger partial charge in [0.25, 0.3) is 5.91 Å². The van der Waals surface area contributed by atoms with Gasteiger partial charge in [-0.25, -0.2) is 0 Å². The quantitative estimate of drug-likeness (QED) is 0.346. The van der Waals surface area contributed by atoms with Crippen molar-refractivity contribution in [1.82, 2.24) is 9.78 Å². The number of amides is 1. The molecule has 2 aromatic carbocycles. The molecule has 8 nitrogen and oxygen atoms in total. The topological polar surface area (TPSA) is 83.8 Å². The van der Waals surface area contributed by atoms with Crippen molar-refractivity contribution in [3.05, 3.63) is 65.4 Å². The lowest BCUT2D eigenvalue weighted by atomic mass is 10.1. The lowest BCUT2D eigenvalue weighted by Gasteiger charge is -2.11. The molecule has 1 heterocycles. The third kappa shape index (κ3) is 6.60. The summed E-state index contributed by atoms with van der Waals surface area (Å²) in [6.07, 6.45) is 6.32. The van der Waals surface area contributed by atoms with Gasteiger partial charge in [-0.3, -0.25) is 9.48 Å². The van der Waals surface area contributed by atoms with Crippen LogP contribution < -0.4 is 19.5 Å². The van der Waals surface area contributed by atoms with Crippen molar-refractivity contribution in [2.45, 2.75) is 6.42 Å². The van der Waals surface area contributed by atoms with Gasteiger partial charge in [-0.2, -0.15) is 5.10 Å². The molecule has 0 radical (unpaired) electrons. The number of carbonyl (C=O) groups is 1. The van der Waals surface area contributed by atoms with E-state index < -0.39 is 0 Å². The van der Waals surface area contributed by atoms with Crippen LogP contribution in [0.2, 0.25) is 0 Å². The highest BCUT2D eigenvalue weighted by Gasteiger charge is 2.12. The molecule has 0 unspecified atom stereocenters. The minimum absolute atomic E-state index is 0.273. The molecule has 0 aliphatic carbocycles. The van der Waals surface area contributed by atoms with Crippen LogP contribution in [0.5, 0.6) is 17.2 Å². The van der Waals surface area contributed by atoms with Gasteiger partial charge in [0.05, 0.1) is 20.8 Å². The molecule has 0 aliphatic heterocycles. The Morgan fingerprint density at radius 3 is 2.61 bits per heavy atom. The van der Waals surface area contributed by atoms with E-state index in [2.05, 4.69) is 10.4 Å². The van der Waals surface area contributed by atoms with Crippen LogP contribution in [0.1, 0.15) is 27.9 Å². The largest absolute Gasteiger partial charge is 0.493 e. The molecule has 1 aromatic heterocycles. The summed E-state index contributed by atoms with van der Waals surface area (Å²) in [5, 5.41) is 7.01. The molecule has 0 fully saturated rings. The van der Waals surface area contributed by atoms with Gasteiger partial charge in [0, 0.05) is 50.6 Å². The summed E-state index contributed by atoms with van der Waals surface area (Å²) < 4.78 is 23.4. The second kappa shape index (κ2) is 11.7. The summed E-state index contributed by atoms with van der Waals surface area (Å²) in [4.78, 5) is 12.9. The summed E-state index contributed by atoms with van der Waals surface area (Å²) in [6, 6.07) is 12.8. The van der Waals surface area contributed by atoms with Crippen molar-refractivity contribution >= 4 is 23.9 Å². The van der Waals surface area contributed by atoms with E-state index in [1.807, 2.05) is 36.4 Å². The summed E-state index contributed by atoms with van der Waals surface area (Å²) in [5.74, 6) is 2.08. The molecule has 0 aliphatic rings. The van der Waals surface area contributed by atoms with Gasteiger partial charge in [-0.15, -0.1) is 0 Å². The molecule has 0 saturated heterocycles. The van der Waals surface area contributed by atoms with E-state index in [1.54, 1.807) is 57.5 Å². The Kier molecular flexibility index (Phi) is 8.49. The second-order valence-electron chi connectivity index (χ2n) is 7.23. The molecular weight excluding hydrogens is 422 g/mol. The monoisotopic (exact) mass is 451 g/mol. The van der Waals surface area contributed by atoms with Gasteiger partial charge in [0.1, 0.15) is 5.75 Å². The van der Waals surface area contributed by atoms with Gasteiger partial charge < -0.3 is 24.3 Å². The summed E-state index contributed by atoms with van der Waals surface area (Å²) in [7, 11) is 6.64. The Bertz CT molecular complexity index is 1110. The number of methoxy groups -OCH3 is 3. The fourth-order valence-electron chi connectivity index (χ4n) is 3.23. The summed E-state index contributed by atoms with van der Waals surface area (Å²) in [5.41, 5.74) is 2.11. The third-order valence-corrected chi connectivity index (χ3v) is 4.80. The Morgan fingerprint density at radius 1 is 1.06 bits per heavy atom. The number of nitrogens with zero attached hydrogens (tertiary/aromatic N) is 2. The van der Waals surface area contributed by atoms with Crippen LogP contribution in [0.25, 0.3) is 12.2 Å². The van der Waals surface area contributed by atoms with E-state index in [1.165, 1.54) is 0 Å². The number of rotatable bonds is 11. The standard InChI is InChI=1S/C25H29N3O5/c1-28-12-11-23(27-28)26-25(29)20-15-18(16-21(17-20)33-14-6-13-30-2)9-10-19-7-5-8-22(31-3)24(19)32-4/h5,7-12,15-17H,6,13-14H2,1-4H3,(H,26,27,29)/b10-9+. The smallest absolute Gasteiger partial charge is 0.257 e. The highest BCUT2D eigenvalue weighted by Crippen LogP contribution is 2.32. The zero-order valence-corrected chi connectivity index (χ0v) is 19.3.